The molecule has 2 N–H and O–H groups in total. The topological polar surface area (TPSA) is 84.3 Å². The monoisotopic (exact) mass is 378 g/mol. The van der Waals surface area contributed by atoms with Gasteiger partial charge in [-0.15, -0.1) is 11.6 Å². The summed E-state index contributed by atoms with van der Waals surface area (Å²) in [5, 5.41) is 12.1. The van der Waals surface area contributed by atoms with Gasteiger partial charge in [-0.3, -0.25) is 20.3 Å². The second-order valence-corrected chi connectivity index (χ2v) is 11.4. The number of rotatable bonds is 6. The van der Waals surface area contributed by atoms with Gasteiger partial charge >= 0.3 is 5.47 Å². The van der Waals surface area contributed by atoms with E-state index in [0.717, 1.165) is 0 Å². The highest BCUT2D eigenvalue weighted by atomic mass is 36.1. The number of amides is 1. The number of hydrogen-bond donors (Lipinski definition) is 2. The second kappa shape index (κ2) is 7.59. The number of benzene rings is 1. The van der Waals surface area contributed by atoms with E-state index in [1.807, 2.05) is 0 Å². The molecular weight excluding hydrogens is 371 g/mol. The molecule has 1 unspecified atom stereocenters. The first kappa shape index (κ1) is 17.7. The molecule has 6 nitrogen and oxygen atoms in total. The van der Waals surface area contributed by atoms with Crippen LogP contribution in [0.15, 0.2) is 24.3 Å². The van der Waals surface area contributed by atoms with Crippen LogP contribution in [0.3, 0.4) is 0 Å². The van der Waals surface area contributed by atoms with Gasteiger partial charge in [-0.05, 0) is 5.56 Å². The Morgan fingerprint density at radius 3 is 2.30 bits per heavy atom. The van der Waals surface area contributed by atoms with Crippen molar-refractivity contribution in [1.82, 2.24) is 10.6 Å². The Morgan fingerprint density at radius 2 is 1.85 bits per heavy atom. The molecule has 20 heavy (non-hydrogen) atoms. The van der Waals surface area contributed by atoms with E-state index in [4.69, 9.17) is 45.3 Å². The van der Waals surface area contributed by atoms with E-state index in [1.54, 1.807) is 0 Å². The van der Waals surface area contributed by atoms with E-state index >= 15 is 0 Å². The average Bonchev–Trinajstić information content (AvgIpc) is 2.35. The van der Waals surface area contributed by atoms with Crippen LogP contribution >= 0.6 is 50.8 Å². The van der Waals surface area contributed by atoms with Gasteiger partial charge in [-0.1, -0.05) is 17.3 Å². The maximum Gasteiger partial charge on any atom is 0.394 e. The lowest BCUT2D eigenvalue weighted by atomic mass is 10.1. The van der Waals surface area contributed by atoms with Gasteiger partial charge in [0.1, 0.15) is 0 Å². The standard InChI is InChI=1S/C9H8Cl4N3O3P/c10-8(5-9(17)14-15-20(11,12)13)6-1-3-7(4-2-6)16(18)19/h1-4,8,15H,5H2/p+1. The maximum atomic E-state index is 11.5. The molecule has 0 heterocycles. The zero-order valence-corrected chi connectivity index (χ0v) is 13.6. The first-order chi connectivity index (χ1) is 9.19. The number of non-ortho nitro benzene ring substituents is 1. The molecule has 0 saturated heterocycles. The quantitative estimate of drug-likeness (QED) is 0.334. The molecule has 0 bridgehead atoms. The van der Waals surface area contributed by atoms with Crippen LogP contribution in [0.1, 0.15) is 17.4 Å². The lowest BCUT2D eigenvalue weighted by Crippen LogP contribution is -2.34. The third kappa shape index (κ3) is 6.39. The SMILES string of the molecule is O=C(CC(Cl)c1ccc([N+](=O)[O-])cc1)NN[P+](Cl)(Cl)Cl. The summed E-state index contributed by atoms with van der Waals surface area (Å²) in [7, 11) is 0. The molecule has 11 heteroatoms. The van der Waals surface area contributed by atoms with Crippen LogP contribution in [-0.4, -0.2) is 10.8 Å². The highest BCUT2D eigenvalue weighted by Gasteiger charge is 2.33. The van der Waals surface area contributed by atoms with Crippen molar-refractivity contribution in [2.75, 3.05) is 0 Å². The minimum absolute atomic E-state index is 0.0512. The number of nitrogens with one attached hydrogen (secondary N) is 2. The van der Waals surface area contributed by atoms with Gasteiger partial charge in [0.15, 0.2) is 33.7 Å². The molecule has 0 aliphatic carbocycles. The predicted molar refractivity (Wildman–Crippen MR) is 82.1 cm³/mol. The van der Waals surface area contributed by atoms with Crippen LogP contribution in [0.5, 0.6) is 0 Å². The molecular formula is C9H9Cl4N3O3P+. The molecule has 1 rings (SSSR count). The third-order valence-corrected chi connectivity index (χ3v) is 3.68. The summed E-state index contributed by atoms with van der Waals surface area (Å²) < 4.78 is 0. The molecule has 0 aliphatic heterocycles. The summed E-state index contributed by atoms with van der Waals surface area (Å²) in [6, 6.07) is 5.60. The lowest BCUT2D eigenvalue weighted by Gasteiger charge is -2.10. The number of nitro groups is 1. The van der Waals surface area contributed by atoms with E-state index < -0.39 is 21.7 Å². The van der Waals surface area contributed by atoms with Crippen LogP contribution in [0, 0.1) is 10.1 Å². The van der Waals surface area contributed by atoms with E-state index in [2.05, 4.69) is 10.6 Å². The minimum Gasteiger partial charge on any atom is -0.274 e. The van der Waals surface area contributed by atoms with Crippen LogP contribution < -0.4 is 10.6 Å². The van der Waals surface area contributed by atoms with E-state index in [1.165, 1.54) is 24.3 Å². The molecule has 1 amide bonds. The molecule has 0 saturated carbocycles. The Labute approximate surface area is 134 Å². The van der Waals surface area contributed by atoms with Crippen molar-refractivity contribution in [1.29, 1.82) is 0 Å². The van der Waals surface area contributed by atoms with Gasteiger partial charge in [0, 0.05) is 18.6 Å². The Morgan fingerprint density at radius 1 is 1.30 bits per heavy atom. The van der Waals surface area contributed by atoms with E-state index in [-0.39, 0.29) is 12.1 Å². The molecule has 0 fully saturated rings. The highest BCUT2D eigenvalue weighted by Crippen LogP contribution is 2.69. The van der Waals surface area contributed by atoms with Crippen molar-refractivity contribution >= 4 is 62.4 Å². The van der Waals surface area contributed by atoms with Crippen molar-refractivity contribution in [2.24, 2.45) is 0 Å². The fourth-order valence-corrected chi connectivity index (χ4v) is 2.18. The normalized spacial score (nSPS) is 12.8. The molecule has 1 atom stereocenters. The zero-order valence-electron chi connectivity index (χ0n) is 9.72. The molecule has 0 radical (unpaired) electrons. The number of alkyl halides is 1. The van der Waals surface area contributed by atoms with E-state index in [9.17, 15) is 14.9 Å². The summed E-state index contributed by atoms with van der Waals surface area (Å²) in [5.41, 5.74) is -0.133. The van der Waals surface area contributed by atoms with Crippen molar-refractivity contribution in [3.05, 3.63) is 39.9 Å². The summed E-state index contributed by atoms with van der Waals surface area (Å²) in [5.74, 6) is -0.463. The lowest BCUT2D eigenvalue weighted by molar-refractivity contribution is -0.384. The van der Waals surface area contributed by atoms with Gasteiger partial charge < -0.3 is 0 Å². The number of nitrogens with zero attached hydrogens (tertiary/aromatic N) is 1. The maximum absolute atomic E-state index is 11.5. The number of hydrazine groups is 1. The molecule has 0 aliphatic rings. The first-order valence-electron chi connectivity index (χ1n) is 5.11. The molecule has 1 aromatic carbocycles. The summed E-state index contributed by atoms with van der Waals surface area (Å²) in [6.07, 6.45) is -0.0724. The fourth-order valence-electron chi connectivity index (χ4n) is 1.26. The molecule has 0 spiro atoms. The predicted octanol–water partition coefficient (Wildman–Crippen LogP) is 4.28. The number of carbonyl (C=O) groups is 1. The fraction of sp³-hybridized carbons (Fsp3) is 0.222. The third-order valence-electron chi connectivity index (χ3n) is 2.15. The van der Waals surface area contributed by atoms with Crippen molar-refractivity contribution < 1.29 is 9.72 Å². The molecule has 0 aromatic heterocycles. The summed E-state index contributed by atoms with van der Waals surface area (Å²) in [4.78, 5) is 21.5. The second-order valence-electron chi connectivity index (χ2n) is 3.63. The average molecular weight is 380 g/mol. The van der Waals surface area contributed by atoms with Gasteiger partial charge in [-0.2, -0.15) is 0 Å². The minimum atomic E-state index is -2.89. The van der Waals surface area contributed by atoms with Crippen molar-refractivity contribution in [2.45, 2.75) is 11.8 Å². The smallest absolute Gasteiger partial charge is 0.274 e. The van der Waals surface area contributed by atoms with Crippen LogP contribution in [-0.2, 0) is 4.79 Å². The number of nitro benzene ring substituents is 1. The Hall–Kier alpha value is -0.360. The first-order valence-corrected chi connectivity index (χ1v) is 10.1. The largest absolute Gasteiger partial charge is 0.394 e. The summed E-state index contributed by atoms with van der Waals surface area (Å²) >= 11 is 22.5. The number of halogens is 4. The van der Waals surface area contributed by atoms with Gasteiger partial charge in [0.2, 0.25) is 5.91 Å². The van der Waals surface area contributed by atoms with Crippen LogP contribution in [0.4, 0.5) is 5.69 Å². The zero-order chi connectivity index (χ0) is 15.3. The Balaban J connectivity index is 2.55. The van der Waals surface area contributed by atoms with Gasteiger partial charge in [0.25, 0.3) is 5.69 Å². The van der Waals surface area contributed by atoms with Gasteiger partial charge in [0.05, 0.1) is 10.3 Å². The Bertz CT molecular complexity index is 494. The van der Waals surface area contributed by atoms with Crippen LogP contribution in [0.2, 0.25) is 0 Å². The van der Waals surface area contributed by atoms with Gasteiger partial charge in [-0.25, -0.2) is 0 Å². The molecule has 110 valence electrons. The van der Waals surface area contributed by atoms with Crippen LogP contribution in [0.25, 0.3) is 0 Å². The molecule has 1 aromatic rings. The van der Waals surface area contributed by atoms with Crippen molar-refractivity contribution in [3.8, 4) is 0 Å². The Kier molecular flexibility index (Phi) is 6.72. The van der Waals surface area contributed by atoms with Crippen molar-refractivity contribution in [3.63, 3.8) is 0 Å². The summed E-state index contributed by atoms with van der Waals surface area (Å²) in [6.45, 7) is 0. The van der Waals surface area contributed by atoms with E-state index in [0.29, 0.717) is 5.56 Å². The number of carbonyl (C=O) groups excluding carboxylic acids is 1. The highest BCUT2D eigenvalue weighted by molar-refractivity contribution is 8.31. The number of hydrogen-bond acceptors (Lipinski definition) is 4.